The van der Waals surface area contributed by atoms with Crippen LogP contribution in [0.5, 0.6) is 11.5 Å². The molecule has 0 spiro atoms. The molecular formula is C15H21N3O4S. The molecule has 0 aliphatic carbocycles. The molecule has 0 unspecified atom stereocenters. The van der Waals surface area contributed by atoms with Crippen molar-refractivity contribution in [2.24, 2.45) is 0 Å². The number of benzene rings is 1. The first kappa shape index (κ1) is 17.1. The van der Waals surface area contributed by atoms with Gasteiger partial charge in [0, 0.05) is 11.8 Å². The summed E-state index contributed by atoms with van der Waals surface area (Å²) in [5, 5.41) is 4.18. The van der Waals surface area contributed by atoms with E-state index in [0.29, 0.717) is 30.2 Å². The zero-order chi connectivity index (χ0) is 16.9. The van der Waals surface area contributed by atoms with Gasteiger partial charge in [0.05, 0.1) is 38.4 Å². The van der Waals surface area contributed by atoms with Gasteiger partial charge >= 0.3 is 0 Å². The van der Waals surface area contributed by atoms with Crippen LogP contribution in [0, 0.1) is 0 Å². The largest absolute Gasteiger partial charge is 0.493 e. The van der Waals surface area contributed by atoms with Crippen LogP contribution >= 0.6 is 0 Å². The molecule has 0 fully saturated rings. The molecule has 0 saturated heterocycles. The van der Waals surface area contributed by atoms with Crippen molar-refractivity contribution in [3.63, 3.8) is 0 Å². The molecule has 23 heavy (non-hydrogen) atoms. The summed E-state index contributed by atoms with van der Waals surface area (Å²) in [6.07, 6.45) is 3.69. The smallest absolute Gasteiger partial charge is 0.232 e. The van der Waals surface area contributed by atoms with Crippen molar-refractivity contribution in [1.29, 1.82) is 0 Å². The number of hydrogen-bond acceptors (Lipinski definition) is 5. The summed E-state index contributed by atoms with van der Waals surface area (Å²) >= 11 is 0. The van der Waals surface area contributed by atoms with Gasteiger partial charge in [-0.1, -0.05) is 19.1 Å². The second kappa shape index (κ2) is 7.36. The lowest BCUT2D eigenvalue weighted by Gasteiger charge is -2.12. The van der Waals surface area contributed by atoms with E-state index < -0.39 is 10.0 Å². The molecule has 0 aliphatic heterocycles. The predicted octanol–water partition coefficient (Wildman–Crippen LogP) is 2.10. The number of ether oxygens (including phenoxy) is 2. The zero-order valence-electron chi connectivity index (χ0n) is 13.4. The SMILES string of the molecule is CCCS(=O)(=O)Nc1cnn(Cc2cccc(OC)c2OC)c1. The summed E-state index contributed by atoms with van der Waals surface area (Å²) in [7, 11) is -0.158. The second-order valence-corrected chi connectivity index (χ2v) is 6.84. The van der Waals surface area contributed by atoms with Crippen LogP contribution in [-0.2, 0) is 16.6 Å². The first-order chi connectivity index (χ1) is 11.0. The van der Waals surface area contributed by atoms with Crippen LogP contribution in [0.2, 0.25) is 0 Å². The summed E-state index contributed by atoms with van der Waals surface area (Å²) in [6.45, 7) is 2.26. The first-order valence-corrected chi connectivity index (χ1v) is 8.87. The van der Waals surface area contributed by atoms with E-state index >= 15 is 0 Å². The molecule has 0 aliphatic rings. The van der Waals surface area contributed by atoms with Crippen molar-refractivity contribution in [2.45, 2.75) is 19.9 Å². The van der Waals surface area contributed by atoms with Crippen molar-refractivity contribution >= 4 is 15.7 Å². The van der Waals surface area contributed by atoms with Crippen LogP contribution in [-0.4, -0.2) is 38.2 Å². The minimum atomic E-state index is -3.32. The molecule has 0 saturated carbocycles. The summed E-state index contributed by atoms with van der Waals surface area (Å²) in [5.41, 5.74) is 1.33. The van der Waals surface area contributed by atoms with E-state index in [4.69, 9.17) is 9.47 Å². The van der Waals surface area contributed by atoms with Crippen molar-refractivity contribution < 1.29 is 17.9 Å². The van der Waals surface area contributed by atoms with Gasteiger partial charge in [0.15, 0.2) is 11.5 Å². The highest BCUT2D eigenvalue weighted by molar-refractivity contribution is 7.92. The highest BCUT2D eigenvalue weighted by Crippen LogP contribution is 2.31. The highest BCUT2D eigenvalue weighted by atomic mass is 32.2. The number of nitrogens with zero attached hydrogens (tertiary/aromatic N) is 2. The second-order valence-electron chi connectivity index (χ2n) is 5.00. The first-order valence-electron chi connectivity index (χ1n) is 7.22. The van der Waals surface area contributed by atoms with Crippen molar-refractivity contribution in [3.8, 4) is 11.5 Å². The van der Waals surface area contributed by atoms with Gasteiger partial charge in [-0.2, -0.15) is 5.10 Å². The van der Waals surface area contributed by atoms with Crippen LogP contribution in [0.25, 0.3) is 0 Å². The molecule has 2 aromatic rings. The summed E-state index contributed by atoms with van der Waals surface area (Å²) in [6, 6.07) is 5.59. The van der Waals surface area contributed by atoms with Gasteiger partial charge in [0.2, 0.25) is 10.0 Å². The number of nitrogens with one attached hydrogen (secondary N) is 1. The standard InChI is InChI=1S/C15H21N3O4S/c1-4-8-23(19,20)17-13-9-16-18(11-13)10-12-6-5-7-14(21-2)15(12)22-3/h5-7,9,11,17H,4,8,10H2,1-3H3. The molecular weight excluding hydrogens is 318 g/mol. The molecule has 1 aromatic carbocycles. The summed E-state index contributed by atoms with van der Waals surface area (Å²) in [5.74, 6) is 1.36. The van der Waals surface area contributed by atoms with Gasteiger partial charge in [0.25, 0.3) is 0 Å². The lowest BCUT2D eigenvalue weighted by Crippen LogP contribution is -2.15. The topological polar surface area (TPSA) is 82.5 Å². The molecule has 0 atom stereocenters. The Hall–Kier alpha value is -2.22. The lowest BCUT2D eigenvalue weighted by molar-refractivity contribution is 0.350. The third kappa shape index (κ3) is 4.38. The highest BCUT2D eigenvalue weighted by Gasteiger charge is 2.13. The van der Waals surface area contributed by atoms with Crippen molar-refractivity contribution in [1.82, 2.24) is 9.78 Å². The van der Waals surface area contributed by atoms with Crippen molar-refractivity contribution in [3.05, 3.63) is 36.2 Å². The van der Waals surface area contributed by atoms with Gasteiger partial charge in [-0.15, -0.1) is 0 Å². The van der Waals surface area contributed by atoms with E-state index in [1.54, 1.807) is 25.1 Å². The van der Waals surface area contributed by atoms with Gasteiger partial charge in [-0.3, -0.25) is 9.40 Å². The van der Waals surface area contributed by atoms with Gasteiger partial charge in [-0.25, -0.2) is 8.42 Å². The normalized spacial score (nSPS) is 11.3. The number of para-hydroxylation sites is 1. The summed E-state index contributed by atoms with van der Waals surface area (Å²) < 4.78 is 38.3. The summed E-state index contributed by atoms with van der Waals surface area (Å²) in [4.78, 5) is 0. The third-order valence-electron chi connectivity index (χ3n) is 3.20. The number of anilines is 1. The van der Waals surface area contributed by atoms with Crippen LogP contribution < -0.4 is 14.2 Å². The molecule has 1 aromatic heterocycles. The van der Waals surface area contributed by atoms with E-state index in [2.05, 4.69) is 9.82 Å². The molecule has 8 heteroatoms. The number of sulfonamides is 1. The molecule has 0 bridgehead atoms. The minimum absolute atomic E-state index is 0.0852. The van der Waals surface area contributed by atoms with Gasteiger partial charge < -0.3 is 9.47 Å². The molecule has 1 heterocycles. The Morgan fingerprint density at radius 1 is 1.26 bits per heavy atom. The lowest BCUT2D eigenvalue weighted by atomic mass is 10.2. The molecule has 0 radical (unpaired) electrons. The van der Waals surface area contributed by atoms with E-state index in [9.17, 15) is 8.42 Å². The van der Waals surface area contributed by atoms with Crippen LogP contribution in [0.15, 0.2) is 30.6 Å². The average Bonchev–Trinajstić information content (AvgIpc) is 2.93. The maximum absolute atomic E-state index is 11.8. The minimum Gasteiger partial charge on any atom is -0.493 e. The molecule has 1 N–H and O–H groups in total. The van der Waals surface area contributed by atoms with Gasteiger partial charge in [-0.05, 0) is 12.5 Å². The Morgan fingerprint density at radius 2 is 2.04 bits per heavy atom. The Morgan fingerprint density at radius 3 is 2.70 bits per heavy atom. The predicted molar refractivity (Wildman–Crippen MR) is 88.6 cm³/mol. The van der Waals surface area contributed by atoms with E-state index in [1.807, 2.05) is 25.1 Å². The Balaban J connectivity index is 2.17. The number of aromatic nitrogens is 2. The number of rotatable bonds is 8. The maximum atomic E-state index is 11.8. The Bertz CT molecular complexity index is 756. The van der Waals surface area contributed by atoms with E-state index in [1.165, 1.54) is 6.20 Å². The van der Waals surface area contributed by atoms with E-state index in [-0.39, 0.29) is 5.75 Å². The maximum Gasteiger partial charge on any atom is 0.232 e. The van der Waals surface area contributed by atoms with Gasteiger partial charge in [0.1, 0.15) is 0 Å². The molecule has 0 amide bonds. The van der Waals surface area contributed by atoms with Crippen LogP contribution in [0.4, 0.5) is 5.69 Å². The fourth-order valence-corrected chi connectivity index (χ4v) is 3.36. The van der Waals surface area contributed by atoms with Crippen LogP contribution in [0.1, 0.15) is 18.9 Å². The molecule has 126 valence electrons. The zero-order valence-corrected chi connectivity index (χ0v) is 14.3. The van der Waals surface area contributed by atoms with Crippen molar-refractivity contribution in [2.75, 3.05) is 24.7 Å². The quantitative estimate of drug-likeness (QED) is 0.796. The van der Waals surface area contributed by atoms with Crippen LogP contribution in [0.3, 0.4) is 0 Å². The fourth-order valence-electron chi connectivity index (χ4n) is 2.25. The monoisotopic (exact) mass is 339 g/mol. The Kier molecular flexibility index (Phi) is 5.49. The number of methoxy groups -OCH3 is 2. The molecule has 2 rings (SSSR count). The molecule has 7 nitrogen and oxygen atoms in total. The average molecular weight is 339 g/mol. The van der Waals surface area contributed by atoms with E-state index in [0.717, 1.165) is 5.56 Å². The Labute approximate surface area is 136 Å². The third-order valence-corrected chi connectivity index (χ3v) is 4.69. The number of hydrogen-bond donors (Lipinski definition) is 1. The fraction of sp³-hybridized carbons (Fsp3) is 0.400.